The Morgan fingerprint density at radius 2 is 0.929 bits per heavy atom. The van der Waals surface area contributed by atoms with E-state index in [1.165, 1.54) is 0 Å². The Balaban J connectivity index is 1.81. The van der Waals surface area contributed by atoms with Crippen molar-refractivity contribution in [2.75, 3.05) is 0 Å². The van der Waals surface area contributed by atoms with Crippen LogP contribution in [0.2, 0.25) is 0 Å². The molecule has 0 spiro atoms. The number of benzene rings is 2. The summed E-state index contributed by atoms with van der Waals surface area (Å²) >= 11 is 0. The van der Waals surface area contributed by atoms with E-state index < -0.39 is 42.1 Å². The van der Waals surface area contributed by atoms with Crippen LogP contribution in [0.1, 0.15) is 51.7 Å². The van der Waals surface area contributed by atoms with E-state index in [0.29, 0.717) is 0 Å². The summed E-state index contributed by atoms with van der Waals surface area (Å²) in [5.74, 6) is -1.31. The van der Waals surface area contributed by atoms with Gasteiger partial charge in [0.1, 0.15) is 25.3 Å². The summed E-state index contributed by atoms with van der Waals surface area (Å²) < 4.78 is 10.4. The molecule has 13 nitrogen and oxygen atoms in total. The Hall–Kier alpha value is -4.81. The molecule has 0 heterocycles. The number of alkyl carbamates (subject to hydrolysis) is 2. The van der Waals surface area contributed by atoms with Crippen molar-refractivity contribution in [1.82, 2.24) is 32.3 Å². The number of carbonyl (C=O) groups is 5. The largest absolute Gasteiger partial charge is 0.445 e. The third-order valence-corrected chi connectivity index (χ3v) is 5.66. The molecule has 0 radical (unpaired) electrons. The number of hydrogen-bond donors (Lipinski definition) is 6. The van der Waals surface area contributed by atoms with Gasteiger partial charge in [-0.25, -0.2) is 25.2 Å². The highest BCUT2D eigenvalue weighted by Gasteiger charge is 2.25. The maximum atomic E-state index is 12.7. The van der Waals surface area contributed by atoms with Crippen LogP contribution < -0.4 is 32.3 Å². The molecule has 0 saturated heterocycles. The second kappa shape index (κ2) is 17.8. The molecule has 0 bridgehead atoms. The lowest BCUT2D eigenvalue weighted by molar-refractivity contribution is -0.124. The van der Waals surface area contributed by atoms with Gasteiger partial charge >= 0.3 is 18.2 Å². The Morgan fingerprint density at radius 3 is 1.26 bits per heavy atom. The van der Waals surface area contributed by atoms with Gasteiger partial charge in [0.05, 0.1) is 0 Å². The van der Waals surface area contributed by atoms with Gasteiger partial charge in [0.15, 0.2) is 0 Å². The lowest BCUT2D eigenvalue weighted by atomic mass is 10.0. The molecular weight excluding hydrogens is 544 g/mol. The first kappa shape index (κ1) is 33.4. The molecule has 0 fully saturated rings. The second-order valence-electron chi connectivity index (χ2n) is 10.3. The van der Waals surface area contributed by atoms with Crippen molar-refractivity contribution in [3.8, 4) is 0 Å². The third kappa shape index (κ3) is 13.5. The monoisotopic (exact) mass is 584 g/mol. The molecule has 2 aromatic carbocycles. The van der Waals surface area contributed by atoms with E-state index in [-0.39, 0.29) is 37.9 Å². The van der Waals surface area contributed by atoms with Gasteiger partial charge in [0, 0.05) is 0 Å². The predicted octanol–water partition coefficient (Wildman–Crippen LogP) is 3.03. The summed E-state index contributed by atoms with van der Waals surface area (Å²) in [7, 11) is 0. The Bertz CT molecular complexity index is 1070. The fourth-order valence-electron chi connectivity index (χ4n) is 3.66. The molecule has 13 heteroatoms. The molecule has 2 atom stereocenters. The van der Waals surface area contributed by atoms with Gasteiger partial charge in [-0.05, 0) is 35.8 Å². The zero-order valence-electron chi connectivity index (χ0n) is 24.3. The van der Waals surface area contributed by atoms with Crippen LogP contribution in [-0.2, 0) is 32.3 Å². The van der Waals surface area contributed by atoms with Crippen LogP contribution in [0.5, 0.6) is 0 Å². The van der Waals surface area contributed by atoms with E-state index in [0.717, 1.165) is 11.1 Å². The number of amides is 6. The summed E-state index contributed by atoms with van der Waals surface area (Å²) in [4.78, 5) is 62.1. The molecule has 0 aliphatic rings. The van der Waals surface area contributed by atoms with Gasteiger partial charge in [0.25, 0.3) is 11.8 Å². The lowest BCUT2D eigenvalue weighted by Gasteiger charge is -2.21. The van der Waals surface area contributed by atoms with Crippen LogP contribution in [-0.4, -0.2) is 42.1 Å². The normalized spacial score (nSPS) is 12.0. The van der Waals surface area contributed by atoms with Crippen molar-refractivity contribution in [3.63, 3.8) is 0 Å². The van der Waals surface area contributed by atoms with Crippen molar-refractivity contribution in [3.05, 3.63) is 71.8 Å². The van der Waals surface area contributed by atoms with Crippen LogP contribution in [0.15, 0.2) is 60.7 Å². The number of nitrogens with one attached hydrogen (secondary N) is 6. The molecule has 0 unspecified atom stereocenters. The minimum absolute atomic E-state index is 0.0282. The van der Waals surface area contributed by atoms with Gasteiger partial charge < -0.3 is 20.1 Å². The van der Waals surface area contributed by atoms with E-state index in [1.54, 1.807) is 24.3 Å². The van der Waals surface area contributed by atoms with Crippen LogP contribution >= 0.6 is 0 Å². The SMILES string of the molecule is CC(C)C[C@H](NC(=O)OCc1ccccc1)C(=O)NNC(=O)NNC(=O)[C@H](CC(C)C)NC(=O)OCc1ccccc1. The number of ether oxygens (including phenoxy) is 2. The van der Waals surface area contributed by atoms with Crippen molar-refractivity contribution in [1.29, 1.82) is 0 Å². The van der Waals surface area contributed by atoms with Crippen molar-refractivity contribution in [2.45, 2.75) is 65.8 Å². The molecular formula is C29H40N6O7. The molecule has 0 aromatic heterocycles. The molecule has 0 aliphatic heterocycles. The fraction of sp³-hybridized carbons (Fsp3) is 0.414. The average Bonchev–Trinajstić information content (AvgIpc) is 2.96. The van der Waals surface area contributed by atoms with Crippen LogP contribution in [0, 0.1) is 11.8 Å². The summed E-state index contributed by atoms with van der Waals surface area (Å²) in [5.41, 5.74) is 10.2. The zero-order chi connectivity index (χ0) is 30.9. The van der Waals surface area contributed by atoms with E-state index in [9.17, 15) is 24.0 Å². The molecule has 2 aromatic rings. The van der Waals surface area contributed by atoms with Crippen LogP contribution in [0.3, 0.4) is 0 Å². The smallest absolute Gasteiger partial charge is 0.408 e. The van der Waals surface area contributed by atoms with Crippen molar-refractivity contribution >= 4 is 30.0 Å². The summed E-state index contributed by atoms with van der Waals surface area (Å²) in [6.07, 6.45) is -1.03. The summed E-state index contributed by atoms with van der Waals surface area (Å²) in [5, 5.41) is 5.00. The molecule has 2 rings (SSSR count). The van der Waals surface area contributed by atoms with Gasteiger partial charge in [0.2, 0.25) is 0 Å². The van der Waals surface area contributed by atoms with Crippen LogP contribution in [0.4, 0.5) is 14.4 Å². The number of hydrazine groups is 2. The standard InChI is InChI=1S/C29H40N6O7/c1-19(2)15-23(30-28(39)41-17-21-11-7-5-8-12-21)25(36)32-34-27(38)35-33-26(37)24(16-20(3)4)31-29(40)42-18-22-13-9-6-10-14-22/h5-14,19-20,23-24H,15-18H2,1-4H3,(H,30,39)(H,31,40)(H,32,36)(H,33,37)(H2,34,35,38)/t23-,24-/m0/s1. The molecule has 6 N–H and O–H groups in total. The predicted molar refractivity (Wildman–Crippen MR) is 154 cm³/mol. The summed E-state index contributed by atoms with van der Waals surface area (Å²) in [6.45, 7) is 7.52. The quantitative estimate of drug-likeness (QED) is 0.208. The maximum absolute atomic E-state index is 12.7. The Kier molecular flexibility index (Phi) is 14.1. The topological polar surface area (TPSA) is 176 Å². The highest BCUT2D eigenvalue weighted by atomic mass is 16.6. The highest BCUT2D eigenvalue weighted by molar-refractivity contribution is 5.89. The van der Waals surface area contributed by atoms with Gasteiger partial charge in [-0.2, -0.15) is 0 Å². The maximum Gasteiger partial charge on any atom is 0.408 e. The van der Waals surface area contributed by atoms with E-state index in [2.05, 4.69) is 32.3 Å². The molecule has 228 valence electrons. The first-order valence-corrected chi connectivity index (χ1v) is 13.6. The number of hydrogen-bond acceptors (Lipinski definition) is 7. The molecule has 42 heavy (non-hydrogen) atoms. The van der Waals surface area contributed by atoms with E-state index in [4.69, 9.17) is 9.47 Å². The molecule has 6 amide bonds. The number of rotatable bonds is 12. The van der Waals surface area contributed by atoms with Gasteiger partial charge in [-0.1, -0.05) is 88.4 Å². The van der Waals surface area contributed by atoms with Crippen LogP contribution in [0.25, 0.3) is 0 Å². The molecule has 0 saturated carbocycles. The molecule has 0 aliphatic carbocycles. The average molecular weight is 585 g/mol. The minimum atomic E-state index is -0.996. The number of carbonyl (C=O) groups excluding carboxylic acids is 5. The number of urea groups is 1. The lowest BCUT2D eigenvalue weighted by Crippen LogP contribution is -2.58. The Morgan fingerprint density at radius 1 is 0.571 bits per heavy atom. The van der Waals surface area contributed by atoms with Crippen molar-refractivity contribution in [2.24, 2.45) is 11.8 Å². The first-order valence-electron chi connectivity index (χ1n) is 13.6. The third-order valence-electron chi connectivity index (χ3n) is 5.66. The van der Waals surface area contributed by atoms with Crippen molar-refractivity contribution < 1.29 is 33.4 Å². The highest BCUT2D eigenvalue weighted by Crippen LogP contribution is 2.08. The minimum Gasteiger partial charge on any atom is -0.445 e. The van der Waals surface area contributed by atoms with Gasteiger partial charge in [-0.15, -0.1) is 0 Å². The zero-order valence-corrected chi connectivity index (χ0v) is 24.3. The second-order valence-corrected chi connectivity index (χ2v) is 10.3. The van der Waals surface area contributed by atoms with E-state index in [1.807, 2.05) is 64.1 Å². The van der Waals surface area contributed by atoms with E-state index >= 15 is 0 Å². The fourth-order valence-corrected chi connectivity index (χ4v) is 3.66. The van der Waals surface area contributed by atoms with Gasteiger partial charge in [-0.3, -0.25) is 20.4 Å². The first-order chi connectivity index (χ1) is 20.0. The summed E-state index contributed by atoms with van der Waals surface area (Å²) in [6, 6.07) is 15.2. The Labute approximate surface area is 245 Å².